The van der Waals surface area contributed by atoms with Gasteiger partial charge in [-0.1, -0.05) is 6.92 Å². The number of nitrogens with zero attached hydrogens (tertiary/aromatic N) is 3. The minimum atomic E-state index is -0.369. The predicted molar refractivity (Wildman–Crippen MR) is 54.4 cm³/mol. The second-order valence-corrected chi connectivity index (χ2v) is 3.31. The van der Waals surface area contributed by atoms with Crippen LogP contribution in [0.15, 0.2) is 12.4 Å². The largest absolute Gasteiger partial charge is 0.335 e. The molecule has 76 valence electrons. The zero-order valence-corrected chi connectivity index (χ0v) is 8.48. The van der Waals surface area contributed by atoms with Gasteiger partial charge in [-0.05, 0) is 12.8 Å². The first-order valence-electron chi connectivity index (χ1n) is 4.93. The van der Waals surface area contributed by atoms with Crippen LogP contribution in [0.5, 0.6) is 0 Å². The summed E-state index contributed by atoms with van der Waals surface area (Å²) in [5, 5.41) is 8.54. The van der Waals surface area contributed by atoms with Crippen LogP contribution in [0.3, 0.4) is 0 Å². The average Bonchev–Trinajstić information content (AvgIpc) is 2.62. The van der Waals surface area contributed by atoms with Crippen molar-refractivity contribution in [3.8, 4) is 6.07 Å². The van der Waals surface area contributed by atoms with E-state index in [2.05, 4.69) is 16.5 Å². The van der Waals surface area contributed by atoms with Crippen molar-refractivity contribution in [1.82, 2.24) is 9.55 Å². The molecule has 14 heavy (non-hydrogen) atoms. The molecule has 0 aromatic carbocycles. The van der Waals surface area contributed by atoms with E-state index >= 15 is 0 Å². The lowest BCUT2D eigenvalue weighted by Crippen LogP contribution is -2.20. The van der Waals surface area contributed by atoms with Crippen LogP contribution < -0.4 is 5.73 Å². The molecule has 0 bridgehead atoms. The second-order valence-electron chi connectivity index (χ2n) is 3.31. The zero-order valence-electron chi connectivity index (χ0n) is 8.48. The number of hydrogen-bond acceptors (Lipinski definition) is 3. The summed E-state index contributed by atoms with van der Waals surface area (Å²) >= 11 is 0. The van der Waals surface area contributed by atoms with Crippen LogP contribution in [0.25, 0.3) is 0 Å². The maximum absolute atomic E-state index is 8.54. The predicted octanol–water partition coefficient (Wildman–Crippen LogP) is 1.08. The standard InChI is InChI=1S/C10H16N4/c1-2-3-10-13-5-7-14(10)6-4-9(12)8-11/h5,7,9H,2-4,6,12H2,1H3. The lowest BCUT2D eigenvalue weighted by Gasteiger charge is -2.07. The van der Waals surface area contributed by atoms with Crippen LogP contribution in [0, 0.1) is 11.3 Å². The van der Waals surface area contributed by atoms with Crippen LogP contribution in [0.4, 0.5) is 0 Å². The Hall–Kier alpha value is -1.34. The van der Waals surface area contributed by atoms with Crippen molar-refractivity contribution in [2.45, 2.75) is 38.8 Å². The molecule has 1 atom stereocenters. The third-order valence-electron chi connectivity index (χ3n) is 2.12. The second kappa shape index (κ2) is 5.40. The fraction of sp³-hybridized carbons (Fsp3) is 0.600. The zero-order chi connectivity index (χ0) is 10.4. The van der Waals surface area contributed by atoms with Crippen molar-refractivity contribution in [1.29, 1.82) is 5.26 Å². The highest BCUT2D eigenvalue weighted by atomic mass is 15.1. The minimum Gasteiger partial charge on any atom is -0.335 e. The van der Waals surface area contributed by atoms with Crippen molar-refractivity contribution < 1.29 is 0 Å². The fourth-order valence-corrected chi connectivity index (χ4v) is 1.34. The molecular formula is C10H16N4. The van der Waals surface area contributed by atoms with Crippen molar-refractivity contribution in [3.63, 3.8) is 0 Å². The van der Waals surface area contributed by atoms with Crippen LogP contribution in [0.1, 0.15) is 25.6 Å². The van der Waals surface area contributed by atoms with Gasteiger partial charge in [-0.3, -0.25) is 0 Å². The third kappa shape index (κ3) is 2.86. The van der Waals surface area contributed by atoms with E-state index < -0.39 is 0 Å². The molecule has 2 N–H and O–H groups in total. The molecule has 0 saturated carbocycles. The molecule has 0 spiro atoms. The van der Waals surface area contributed by atoms with E-state index in [9.17, 15) is 0 Å². The lowest BCUT2D eigenvalue weighted by atomic mass is 10.2. The maximum atomic E-state index is 8.54. The summed E-state index contributed by atoms with van der Waals surface area (Å²) in [6.07, 6.45) is 6.48. The number of imidazole rings is 1. The molecule has 1 aromatic rings. The van der Waals surface area contributed by atoms with E-state index in [1.165, 1.54) is 0 Å². The molecule has 1 unspecified atom stereocenters. The van der Waals surface area contributed by atoms with Gasteiger partial charge in [-0.2, -0.15) is 5.26 Å². The minimum absolute atomic E-state index is 0.369. The summed E-state index contributed by atoms with van der Waals surface area (Å²) in [7, 11) is 0. The van der Waals surface area contributed by atoms with Crippen LogP contribution in [0.2, 0.25) is 0 Å². The normalized spacial score (nSPS) is 12.4. The smallest absolute Gasteiger partial charge is 0.108 e. The highest BCUT2D eigenvalue weighted by Gasteiger charge is 2.04. The number of rotatable bonds is 5. The van der Waals surface area contributed by atoms with E-state index in [4.69, 9.17) is 11.0 Å². The van der Waals surface area contributed by atoms with E-state index in [0.29, 0.717) is 6.42 Å². The summed E-state index contributed by atoms with van der Waals surface area (Å²) < 4.78 is 2.07. The summed E-state index contributed by atoms with van der Waals surface area (Å²) in [6, 6.07) is 1.65. The summed E-state index contributed by atoms with van der Waals surface area (Å²) in [6.45, 7) is 2.91. The molecule has 1 heterocycles. The molecule has 1 rings (SSSR count). The van der Waals surface area contributed by atoms with Gasteiger partial charge in [-0.15, -0.1) is 0 Å². The number of aromatic nitrogens is 2. The lowest BCUT2D eigenvalue weighted by molar-refractivity contribution is 0.578. The molecule has 0 aliphatic heterocycles. The van der Waals surface area contributed by atoms with E-state index in [1.807, 2.05) is 12.3 Å². The first kappa shape index (κ1) is 10.7. The first-order valence-corrected chi connectivity index (χ1v) is 4.93. The average molecular weight is 192 g/mol. The van der Waals surface area contributed by atoms with Crippen molar-refractivity contribution in [2.24, 2.45) is 5.73 Å². The van der Waals surface area contributed by atoms with Gasteiger partial charge in [0, 0.05) is 25.4 Å². The van der Waals surface area contributed by atoms with Gasteiger partial charge in [0.1, 0.15) is 5.82 Å². The van der Waals surface area contributed by atoms with Crippen molar-refractivity contribution >= 4 is 0 Å². The Balaban J connectivity index is 2.50. The molecule has 4 heteroatoms. The Morgan fingerprint density at radius 1 is 1.71 bits per heavy atom. The highest BCUT2D eigenvalue weighted by Crippen LogP contribution is 2.03. The molecule has 0 fully saturated rings. The Bertz CT molecular complexity index is 310. The van der Waals surface area contributed by atoms with Gasteiger partial charge in [-0.25, -0.2) is 4.98 Å². The van der Waals surface area contributed by atoms with Crippen molar-refractivity contribution in [2.75, 3.05) is 0 Å². The van der Waals surface area contributed by atoms with E-state index in [-0.39, 0.29) is 6.04 Å². The van der Waals surface area contributed by atoms with Gasteiger partial charge < -0.3 is 10.3 Å². The summed E-state index contributed by atoms with van der Waals surface area (Å²) in [5.41, 5.74) is 5.52. The quantitative estimate of drug-likeness (QED) is 0.759. The number of hydrogen-bond donors (Lipinski definition) is 1. The third-order valence-corrected chi connectivity index (χ3v) is 2.12. The highest BCUT2D eigenvalue weighted by molar-refractivity contribution is 4.94. The molecule has 0 aliphatic rings. The molecule has 0 saturated heterocycles. The molecule has 0 amide bonds. The van der Waals surface area contributed by atoms with Gasteiger partial charge in [0.05, 0.1) is 12.1 Å². The number of aryl methyl sites for hydroxylation is 2. The van der Waals surface area contributed by atoms with E-state index in [0.717, 1.165) is 25.2 Å². The van der Waals surface area contributed by atoms with Crippen LogP contribution in [-0.2, 0) is 13.0 Å². The Morgan fingerprint density at radius 3 is 3.14 bits per heavy atom. The summed E-state index contributed by atoms with van der Waals surface area (Å²) in [5.74, 6) is 1.08. The van der Waals surface area contributed by atoms with Crippen molar-refractivity contribution in [3.05, 3.63) is 18.2 Å². The van der Waals surface area contributed by atoms with Gasteiger partial charge in [0.25, 0.3) is 0 Å². The molecule has 1 aromatic heterocycles. The number of nitriles is 1. The Morgan fingerprint density at radius 2 is 2.50 bits per heavy atom. The fourth-order valence-electron chi connectivity index (χ4n) is 1.34. The molecule has 0 radical (unpaired) electrons. The van der Waals surface area contributed by atoms with Gasteiger partial charge in [0.2, 0.25) is 0 Å². The summed E-state index contributed by atoms with van der Waals surface area (Å²) in [4.78, 5) is 4.25. The van der Waals surface area contributed by atoms with E-state index in [1.54, 1.807) is 6.20 Å². The molecule has 4 nitrogen and oxygen atoms in total. The van der Waals surface area contributed by atoms with Gasteiger partial charge in [0.15, 0.2) is 0 Å². The molecular weight excluding hydrogens is 176 g/mol. The monoisotopic (exact) mass is 192 g/mol. The van der Waals surface area contributed by atoms with Crippen LogP contribution >= 0.6 is 0 Å². The SMILES string of the molecule is CCCc1nccn1CCC(N)C#N. The number of nitrogens with two attached hydrogens (primary N) is 1. The maximum Gasteiger partial charge on any atom is 0.108 e. The van der Waals surface area contributed by atoms with Gasteiger partial charge >= 0.3 is 0 Å². The Kier molecular flexibility index (Phi) is 4.14. The molecule has 0 aliphatic carbocycles. The van der Waals surface area contributed by atoms with Crippen LogP contribution in [-0.4, -0.2) is 15.6 Å². The topological polar surface area (TPSA) is 67.6 Å². The first-order chi connectivity index (χ1) is 6.77. The Labute approximate surface area is 84.4 Å².